The van der Waals surface area contributed by atoms with Crippen molar-refractivity contribution in [1.29, 1.82) is 0 Å². The zero-order valence-corrected chi connectivity index (χ0v) is 23.2. The molecule has 13 heteroatoms. The van der Waals surface area contributed by atoms with E-state index in [0.29, 0.717) is 25.7 Å². The van der Waals surface area contributed by atoms with Gasteiger partial charge in [-0.2, -0.15) is 0 Å². The number of ether oxygens (including phenoxy) is 1. The van der Waals surface area contributed by atoms with E-state index < -0.39 is 47.4 Å². The number of alkyl carbamates (subject to hydrolysis) is 1. The second-order valence-electron chi connectivity index (χ2n) is 9.68. The lowest BCUT2D eigenvalue weighted by Gasteiger charge is -2.31. The van der Waals surface area contributed by atoms with E-state index in [1.807, 2.05) is 30.3 Å². The van der Waals surface area contributed by atoms with Gasteiger partial charge >= 0.3 is 12.1 Å². The van der Waals surface area contributed by atoms with E-state index in [9.17, 15) is 19.2 Å². The molecule has 218 valence electrons. The smallest absolute Gasteiger partial charge is 0.407 e. The molecule has 1 aromatic carbocycles. The summed E-state index contributed by atoms with van der Waals surface area (Å²) >= 11 is 0. The number of nitrogens with one attached hydrogen (secondary N) is 4. The zero-order valence-electron chi connectivity index (χ0n) is 23.2. The van der Waals surface area contributed by atoms with E-state index >= 15 is 0 Å². The fraction of sp³-hybridized carbons (Fsp3) is 0.538. The summed E-state index contributed by atoms with van der Waals surface area (Å²) in [6, 6.07) is 6.47. The van der Waals surface area contributed by atoms with Crippen molar-refractivity contribution in [3.05, 3.63) is 35.9 Å². The minimum absolute atomic E-state index is 0.0761. The highest BCUT2D eigenvalue weighted by molar-refractivity contribution is 5.92. The second kappa shape index (κ2) is 18.2. The summed E-state index contributed by atoms with van der Waals surface area (Å²) in [6.45, 7) is 8.60. The van der Waals surface area contributed by atoms with Crippen molar-refractivity contribution in [2.45, 2.75) is 72.0 Å². The predicted molar refractivity (Wildman–Crippen MR) is 143 cm³/mol. The van der Waals surface area contributed by atoms with Crippen LogP contribution in [0.5, 0.6) is 0 Å². The lowest BCUT2D eigenvalue weighted by Crippen LogP contribution is -2.78. The molecule has 8 N–H and O–H groups in total. The second-order valence-corrected chi connectivity index (χ2v) is 9.68. The van der Waals surface area contributed by atoms with Gasteiger partial charge in [0, 0.05) is 12.4 Å². The Kier molecular flexibility index (Phi) is 16.2. The van der Waals surface area contributed by atoms with E-state index in [4.69, 9.17) is 26.1 Å². The van der Waals surface area contributed by atoms with Crippen LogP contribution in [-0.2, 0) is 30.3 Å². The molecule has 0 aliphatic heterocycles. The molecule has 1 rings (SSSR count). The number of hydrogen-bond donors (Lipinski definition) is 6. The number of carboxylic acid groups (broad SMARTS) is 1. The molecular formula is C26H42N6O7. The van der Waals surface area contributed by atoms with E-state index in [1.54, 1.807) is 27.7 Å². The van der Waals surface area contributed by atoms with Crippen LogP contribution in [0.4, 0.5) is 4.79 Å². The van der Waals surface area contributed by atoms with Gasteiger partial charge in [0.15, 0.2) is 0 Å². The number of aldehydes is 1. The maximum atomic E-state index is 13.2. The zero-order chi connectivity index (χ0) is 30.0. The van der Waals surface area contributed by atoms with Crippen molar-refractivity contribution in [2.75, 3.05) is 13.2 Å². The Morgan fingerprint density at radius 1 is 1.05 bits per heavy atom. The normalized spacial score (nSPS) is 12.7. The molecular weight excluding hydrogens is 508 g/mol. The molecule has 0 fully saturated rings. The van der Waals surface area contributed by atoms with Crippen molar-refractivity contribution in [2.24, 2.45) is 16.9 Å². The molecule has 0 aromatic heterocycles. The summed E-state index contributed by atoms with van der Waals surface area (Å²) in [5, 5.41) is 16.9. The molecule has 13 nitrogen and oxygen atoms in total. The molecule has 39 heavy (non-hydrogen) atoms. The van der Waals surface area contributed by atoms with Crippen LogP contribution in [0.1, 0.15) is 53.0 Å². The van der Waals surface area contributed by atoms with Gasteiger partial charge in [0.05, 0.1) is 19.2 Å². The number of benzene rings is 1. The summed E-state index contributed by atoms with van der Waals surface area (Å²) < 4.78 is 4.92. The number of carbonyl (C=O) groups excluding carboxylic acids is 5. The first-order chi connectivity index (χ1) is 18.2. The van der Waals surface area contributed by atoms with Gasteiger partial charge in [0.1, 0.15) is 18.4 Å². The maximum Gasteiger partial charge on any atom is 0.407 e. The molecule has 0 unspecified atom stereocenters. The summed E-state index contributed by atoms with van der Waals surface area (Å²) in [4.78, 5) is 61.5. The maximum absolute atomic E-state index is 13.2. The summed E-state index contributed by atoms with van der Waals surface area (Å²) in [7, 11) is 0. The molecule has 0 bridgehead atoms. The lowest BCUT2D eigenvalue weighted by molar-refractivity contribution is -0.459. The molecule has 0 aliphatic rings. The Morgan fingerprint density at radius 2 is 1.64 bits per heavy atom. The number of nitrogens with two attached hydrogens (primary N) is 2. The molecule has 0 saturated carbocycles. The number of carboxylic acids is 1. The van der Waals surface area contributed by atoms with Gasteiger partial charge in [0.25, 0.3) is 0 Å². The topological polar surface area (TPSA) is 220 Å². The van der Waals surface area contributed by atoms with Crippen LogP contribution in [0.25, 0.3) is 0 Å². The largest absolute Gasteiger partial charge is 0.550 e. The third-order valence-electron chi connectivity index (χ3n) is 5.09. The average molecular weight is 551 g/mol. The summed E-state index contributed by atoms with van der Waals surface area (Å²) in [6.07, 6.45) is 1.01. The fourth-order valence-corrected chi connectivity index (χ4v) is 3.29. The van der Waals surface area contributed by atoms with Crippen LogP contribution in [0, 0.1) is 5.41 Å². The van der Waals surface area contributed by atoms with Crippen LogP contribution in [0.15, 0.2) is 30.3 Å². The predicted octanol–water partition coefficient (Wildman–Crippen LogP) is -2.55. The number of hydrogen-bond acceptors (Lipinski definition) is 7. The van der Waals surface area contributed by atoms with Gasteiger partial charge in [-0.25, -0.2) is 4.79 Å². The quantitative estimate of drug-likeness (QED) is 0.0658. The third kappa shape index (κ3) is 16.3. The van der Waals surface area contributed by atoms with Gasteiger partial charge in [-0.1, -0.05) is 51.1 Å². The highest BCUT2D eigenvalue weighted by atomic mass is 16.5. The highest BCUT2D eigenvalue weighted by Crippen LogP contribution is 2.20. The fourth-order valence-electron chi connectivity index (χ4n) is 3.29. The molecule has 1 aromatic rings. The Morgan fingerprint density at radius 3 is 2.13 bits per heavy atom. The van der Waals surface area contributed by atoms with Crippen LogP contribution in [0.3, 0.4) is 0 Å². The van der Waals surface area contributed by atoms with Gasteiger partial charge in [-0.05, 0) is 37.7 Å². The van der Waals surface area contributed by atoms with E-state index in [0.717, 1.165) is 12.5 Å². The first-order valence-electron chi connectivity index (χ1n) is 12.5. The van der Waals surface area contributed by atoms with Gasteiger partial charge < -0.3 is 35.4 Å². The molecule has 3 atom stereocenters. The van der Waals surface area contributed by atoms with Crippen molar-refractivity contribution in [1.82, 2.24) is 16.0 Å². The molecule has 3 amide bonds. The first kappa shape index (κ1) is 34.8. The number of rotatable bonds is 13. The number of guanidine groups is 1. The highest BCUT2D eigenvalue weighted by Gasteiger charge is 2.35. The first-order valence-corrected chi connectivity index (χ1v) is 12.5. The van der Waals surface area contributed by atoms with Crippen molar-refractivity contribution in [3.8, 4) is 0 Å². The molecule has 0 spiro atoms. The van der Waals surface area contributed by atoms with Gasteiger partial charge in [0.2, 0.25) is 11.8 Å². The third-order valence-corrected chi connectivity index (χ3v) is 5.09. The molecule has 0 radical (unpaired) electrons. The van der Waals surface area contributed by atoms with Gasteiger partial charge in [-0.3, -0.25) is 26.0 Å². The Balaban J connectivity index is 0.00000336. The SMILES string of the molecule is CC(=O)[O-].CCOC(=O)N[C@@H](C(=O)N[C@@H](Cc1ccccc1)C(=O)N[C@H](C=O)CCC[NH+]=C(N)N)C(C)(C)C. The molecule has 0 heterocycles. The summed E-state index contributed by atoms with van der Waals surface area (Å²) in [5.41, 5.74) is 10.9. The van der Waals surface area contributed by atoms with Crippen LogP contribution in [-0.4, -0.2) is 67.4 Å². The van der Waals surface area contributed by atoms with E-state index in [1.165, 1.54) is 0 Å². The minimum atomic E-state index is -1.08. The van der Waals surface area contributed by atoms with Crippen molar-refractivity contribution in [3.63, 3.8) is 0 Å². The number of amides is 3. The monoisotopic (exact) mass is 550 g/mol. The Labute approximate surface area is 229 Å². The van der Waals surface area contributed by atoms with Crippen LogP contribution in [0.2, 0.25) is 0 Å². The lowest BCUT2D eigenvalue weighted by atomic mass is 9.86. The number of aliphatic carboxylic acids is 1. The van der Waals surface area contributed by atoms with E-state index in [-0.39, 0.29) is 19.0 Å². The standard InChI is InChI=1S/C24H38N6O5.C2H4O2/c1-5-35-23(34)30-19(24(2,3)4)21(33)29-18(14-16-10-7-6-8-11-16)20(32)28-17(15-31)12-9-13-27-22(25)26;1-2(3)4/h6-8,10-11,15,17-19H,5,9,12-14H2,1-4H3,(H,28,32)(H,29,33)(H,30,34)(H4,25,26,27);1H3,(H,3,4)/t17-,18-,19-;/m0./s1. The van der Waals surface area contributed by atoms with Crippen LogP contribution < -0.4 is 37.5 Å². The van der Waals surface area contributed by atoms with Crippen molar-refractivity contribution < 1.29 is 38.8 Å². The Hall–Kier alpha value is -4.16. The van der Waals surface area contributed by atoms with E-state index in [2.05, 4.69) is 20.9 Å². The van der Waals surface area contributed by atoms with Crippen molar-refractivity contribution >= 4 is 36.1 Å². The Bertz CT molecular complexity index is 955. The number of carbonyl (C=O) groups is 5. The van der Waals surface area contributed by atoms with Gasteiger partial charge in [-0.15, -0.1) is 0 Å². The molecule has 0 saturated heterocycles. The van der Waals surface area contributed by atoms with Crippen LogP contribution >= 0.6 is 0 Å². The average Bonchev–Trinajstić information content (AvgIpc) is 2.83. The summed E-state index contributed by atoms with van der Waals surface area (Å²) in [5.74, 6) is -2.06. The molecule has 0 aliphatic carbocycles. The minimum Gasteiger partial charge on any atom is -0.550 e.